The topological polar surface area (TPSA) is 98.5 Å². The van der Waals surface area contributed by atoms with Crippen LogP contribution in [0.2, 0.25) is 5.02 Å². The Morgan fingerprint density at radius 3 is 2.64 bits per heavy atom. The fraction of sp³-hybridized carbons (Fsp3) is 0.250. The van der Waals surface area contributed by atoms with E-state index in [9.17, 15) is 19.7 Å². The number of benzene rings is 1. The number of nitro groups is 1. The van der Waals surface area contributed by atoms with Crippen molar-refractivity contribution in [3.63, 3.8) is 0 Å². The molecule has 7 nitrogen and oxygen atoms in total. The van der Waals surface area contributed by atoms with E-state index >= 15 is 0 Å². The number of ether oxygens (including phenoxy) is 1. The van der Waals surface area contributed by atoms with Crippen molar-refractivity contribution in [2.75, 3.05) is 11.9 Å². The number of esters is 1. The average Bonchev–Trinajstić information content (AvgIpc) is 2.95. The lowest BCUT2D eigenvalue weighted by Crippen LogP contribution is -2.20. The van der Waals surface area contributed by atoms with Gasteiger partial charge in [-0.1, -0.05) is 18.5 Å². The number of hydrogen-bond donors (Lipinski definition) is 1. The van der Waals surface area contributed by atoms with Gasteiger partial charge in [-0.25, -0.2) is 4.79 Å². The van der Waals surface area contributed by atoms with Gasteiger partial charge in [-0.3, -0.25) is 14.9 Å². The molecule has 0 aliphatic rings. The molecular weight excluding hydrogens is 368 g/mol. The molecule has 0 radical (unpaired) electrons. The Bertz CT molecular complexity index is 834. The number of nitrogens with one attached hydrogen (secondary N) is 1. The first-order valence-corrected chi connectivity index (χ1v) is 8.51. The molecule has 2 aromatic rings. The molecule has 1 heterocycles. The molecule has 0 unspecified atom stereocenters. The highest BCUT2D eigenvalue weighted by atomic mass is 35.5. The van der Waals surface area contributed by atoms with Crippen LogP contribution in [0.15, 0.2) is 24.3 Å². The van der Waals surface area contributed by atoms with Crippen molar-refractivity contribution in [3.8, 4) is 0 Å². The van der Waals surface area contributed by atoms with Gasteiger partial charge in [0.25, 0.3) is 11.6 Å². The highest BCUT2D eigenvalue weighted by Gasteiger charge is 2.16. The summed E-state index contributed by atoms with van der Waals surface area (Å²) in [7, 11) is 0. The normalized spacial score (nSPS) is 10.4. The Morgan fingerprint density at radius 1 is 1.36 bits per heavy atom. The van der Waals surface area contributed by atoms with Crippen molar-refractivity contribution in [1.82, 2.24) is 0 Å². The molecule has 0 aliphatic heterocycles. The van der Waals surface area contributed by atoms with Crippen LogP contribution in [0.5, 0.6) is 0 Å². The first-order valence-electron chi connectivity index (χ1n) is 7.32. The molecule has 0 saturated carbocycles. The number of thiophene rings is 1. The number of halogens is 1. The predicted molar refractivity (Wildman–Crippen MR) is 95.5 cm³/mol. The van der Waals surface area contributed by atoms with Gasteiger partial charge in [0, 0.05) is 17.0 Å². The molecular formula is C16H15ClN2O5S. The minimum absolute atomic E-state index is 0.0235. The number of anilines is 1. The third-order valence-corrected chi connectivity index (χ3v) is 4.76. The third kappa shape index (κ3) is 4.77. The van der Waals surface area contributed by atoms with Gasteiger partial charge in [0.1, 0.15) is 4.88 Å². The summed E-state index contributed by atoms with van der Waals surface area (Å²) < 4.78 is 4.98. The second-order valence-electron chi connectivity index (χ2n) is 5.09. The van der Waals surface area contributed by atoms with Gasteiger partial charge in [-0.15, -0.1) is 11.3 Å². The lowest BCUT2D eigenvalue weighted by atomic mass is 10.2. The van der Waals surface area contributed by atoms with E-state index in [2.05, 4.69) is 5.32 Å². The van der Waals surface area contributed by atoms with E-state index in [1.165, 1.54) is 23.5 Å². The Morgan fingerprint density at radius 2 is 2.08 bits per heavy atom. The lowest BCUT2D eigenvalue weighted by molar-refractivity contribution is -0.384. The number of nitro benzene ring substituents is 1. The van der Waals surface area contributed by atoms with Crippen LogP contribution in [0.4, 0.5) is 11.4 Å². The summed E-state index contributed by atoms with van der Waals surface area (Å²) in [6.45, 7) is 3.43. The molecule has 132 valence electrons. The predicted octanol–water partition coefficient (Wildman–Crippen LogP) is 3.98. The van der Waals surface area contributed by atoms with E-state index < -0.39 is 23.4 Å². The third-order valence-electron chi connectivity index (χ3n) is 3.37. The van der Waals surface area contributed by atoms with Crippen LogP contribution < -0.4 is 5.32 Å². The van der Waals surface area contributed by atoms with E-state index in [1.54, 1.807) is 6.07 Å². The smallest absolute Gasteiger partial charge is 0.348 e. The van der Waals surface area contributed by atoms with Crippen molar-refractivity contribution >= 4 is 46.2 Å². The molecule has 25 heavy (non-hydrogen) atoms. The van der Waals surface area contributed by atoms with Crippen molar-refractivity contribution in [3.05, 3.63) is 54.7 Å². The van der Waals surface area contributed by atoms with E-state index in [1.807, 2.05) is 13.8 Å². The molecule has 1 aromatic carbocycles. The summed E-state index contributed by atoms with van der Waals surface area (Å²) in [5.41, 5.74) is 1.09. The summed E-state index contributed by atoms with van der Waals surface area (Å²) in [4.78, 5) is 35.4. The number of hydrogen-bond acceptors (Lipinski definition) is 6. The number of amides is 1. The quantitative estimate of drug-likeness (QED) is 0.463. The van der Waals surface area contributed by atoms with Crippen molar-refractivity contribution in [2.45, 2.75) is 20.3 Å². The maximum absolute atomic E-state index is 12.0. The standard InChI is InChI=1S/C16H15ClN2O5S/c1-3-10-6-14(25-9(10)2)16(21)24-8-15(20)18-13-5-4-11(19(22)23)7-12(13)17/h4-7H,3,8H2,1-2H3,(H,18,20). The first kappa shape index (κ1) is 18.9. The lowest BCUT2D eigenvalue weighted by Gasteiger charge is -2.07. The number of rotatable bonds is 6. The van der Waals surface area contributed by atoms with Crippen LogP contribution in [0.1, 0.15) is 27.0 Å². The summed E-state index contributed by atoms with van der Waals surface area (Å²) in [5.74, 6) is -1.16. The molecule has 1 amide bonds. The van der Waals surface area contributed by atoms with Crippen LogP contribution in [0, 0.1) is 17.0 Å². The summed E-state index contributed by atoms with van der Waals surface area (Å²) >= 11 is 7.21. The Hall–Kier alpha value is -2.45. The minimum Gasteiger partial charge on any atom is -0.451 e. The summed E-state index contributed by atoms with van der Waals surface area (Å²) in [5, 5.41) is 13.1. The van der Waals surface area contributed by atoms with E-state index in [-0.39, 0.29) is 16.4 Å². The van der Waals surface area contributed by atoms with E-state index in [0.29, 0.717) is 4.88 Å². The van der Waals surface area contributed by atoms with Gasteiger partial charge >= 0.3 is 5.97 Å². The molecule has 0 aliphatic carbocycles. The second-order valence-corrected chi connectivity index (χ2v) is 6.75. The van der Waals surface area contributed by atoms with Gasteiger partial charge < -0.3 is 10.1 Å². The second kappa shape index (κ2) is 8.09. The van der Waals surface area contributed by atoms with Gasteiger partial charge in [-0.2, -0.15) is 0 Å². The van der Waals surface area contributed by atoms with E-state index in [4.69, 9.17) is 16.3 Å². The van der Waals surface area contributed by atoms with E-state index in [0.717, 1.165) is 22.9 Å². The zero-order chi connectivity index (χ0) is 18.6. The molecule has 9 heteroatoms. The largest absolute Gasteiger partial charge is 0.451 e. The molecule has 0 spiro atoms. The van der Waals surface area contributed by atoms with Gasteiger partial charge in [0.05, 0.1) is 15.6 Å². The summed E-state index contributed by atoms with van der Waals surface area (Å²) in [6.07, 6.45) is 0.814. The van der Waals surface area contributed by atoms with Crippen LogP contribution in [0.25, 0.3) is 0 Å². The number of carbonyl (C=O) groups is 2. The van der Waals surface area contributed by atoms with Crippen molar-refractivity contribution < 1.29 is 19.2 Å². The van der Waals surface area contributed by atoms with Gasteiger partial charge in [-0.05, 0) is 31.0 Å². The Labute approximate surface area is 152 Å². The maximum Gasteiger partial charge on any atom is 0.348 e. The molecule has 0 fully saturated rings. The number of aryl methyl sites for hydroxylation is 2. The molecule has 0 saturated heterocycles. The molecule has 1 aromatic heterocycles. The zero-order valence-electron chi connectivity index (χ0n) is 13.5. The Kier molecular flexibility index (Phi) is 6.11. The van der Waals surface area contributed by atoms with Gasteiger partial charge in [0.15, 0.2) is 6.61 Å². The maximum atomic E-state index is 12.0. The fourth-order valence-corrected chi connectivity index (χ4v) is 3.31. The monoisotopic (exact) mass is 382 g/mol. The highest BCUT2D eigenvalue weighted by molar-refractivity contribution is 7.14. The Balaban J connectivity index is 1.94. The SMILES string of the molecule is CCc1cc(C(=O)OCC(=O)Nc2ccc([N+](=O)[O-])cc2Cl)sc1C. The minimum atomic E-state index is -0.590. The molecule has 0 atom stereocenters. The van der Waals surface area contributed by atoms with Crippen LogP contribution in [-0.4, -0.2) is 23.4 Å². The van der Waals surface area contributed by atoms with Crippen LogP contribution in [-0.2, 0) is 16.0 Å². The number of nitrogens with zero attached hydrogens (tertiary/aromatic N) is 1. The van der Waals surface area contributed by atoms with Crippen LogP contribution >= 0.6 is 22.9 Å². The van der Waals surface area contributed by atoms with Gasteiger partial charge in [0.2, 0.25) is 0 Å². The van der Waals surface area contributed by atoms with Crippen LogP contribution in [0.3, 0.4) is 0 Å². The number of non-ortho nitro benzene ring substituents is 1. The molecule has 2 rings (SSSR count). The summed E-state index contributed by atoms with van der Waals surface area (Å²) in [6, 6.07) is 5.42. The van der Waals surface area contributed by atoms with Crippen molar-refractivity contribution in [2.24, 2.45) is 0 Å². The average molecular weight is 383 g/mol. The molecule has 0 bridgehead atoms. The number of carbonyl (C=O) groups excluding carboxylic acids is 2. The fourth-order valence-electron chi connectivity index (χ4n) is 2.08. The van der Waals surface area contributed by atoms with Crippen molar-refractivity contribution in [1.29, 1.82) is 0 Å². The molecule has 1 N–H and O–H groups in total. The highest BCUT2D eigenvalue weighted by Crippen LogP contribution is 2.26. The zero-order valence-corrected chi connectivity index (χ0v) is 15.1. The first-order chi connectivity index (χ1) is 11.8.